The molecule has 0 saturated heterocycles. The Bertz CT molecular complexity index is 478. The maximum atomic E-state index is 12.2. The van der Waals surface area contributed by atoms with Crippen molar-refractivity contribution in [3.8, 4) is 0 Å². The highest BCUT2D eigenvalue weighted by Gasteiger charge is 2.25. The summed E-state index contributed by atoms with van der Waals surface area (Å²) >= 11 is 6.02. The van der Waals surface area contributed by atoms with E-state index < -0.39 is 0 Å². The second-order valence-corrected chi connectivity index (χ2v) is 5.96. The summed E-state index contributed by atoms with van der Waals surface area (Å²) in [6.07, 6.45) is 4.83. The number of nitrogens with zero attached hydrogens (tertiary/aromatic N) is 2. The topological polar surface area (TPSA) is 54.9 Å². The Morgan fingerprint density at radius 1 is 1.30 bits per heavy atom. The van der Waals surface area contributed by atoms with Crippen LogP contribution in [0.25, 0.3) is 0 Å². The van der Waals surface area contributed by atoms with Gasteiger partial charge in [0.25, 0.3) is 5.91 Å². The van der Waals surface area contributed by atoms with Crippen LogP contribution in [0.15, 0.2) is 6.07 Å². The van der Waals surface area contributed by atoms with Gasteiger partial charge in [0, 0.05) is 12.4 Å². The summed E-state index contributed by atoms with van der Waals surface area (Å²) in [5.74, 6) is 1.67. The fourth-order valence-corrected chi connectivity index (χ4v) is 3.26. The number of halogens is 1. The Labute approximate surface area is 125 Å². The third-order valence-electron chi connectivity index (χ3n) is 4.13. The maximum absolute atomic E-state index is 12.2. The molecule has 1 saturated carbocycles. The van der Waals surface area contributed by atoms with E-state index in [1.165, 1.54) is 19.3 Å². The average molecular weight is 296 g/mol. The molecule has 110 valence electrons. The molecule has 1 fully saturated rings. The normalized spacial score (nSPS) is 22.6. The number of amides is 1. The minimum Gasteiger partial charge on any atom is -0.352 e. The Morgan fingerprint density at radius 3 is 2.70 bits per heavy atom. The van der Waals surface area contributed by atoms with Crippen LogP contribution < -0.4 is 5.32 Å². The largest absolute Gasteiger partial charge is 0.352 e. The molecule has 5 heteroatoms. The summed E-state index contributed by atoms with van der Waals surface area (Å²) in [4.78, 5) is 12.2. The number of hydrogen-bond donors (Lipinski definition) is 1. The van der Waals surface area contributed by atoms with Gasteiger partial charge in [-0.3, -0.25) is 4.79 Å². The molecule has 20 heavy (non-hydrogen) atoms. The molecule has 1 N–H and O–H groups in total. The van der Waals surface area contributed by atoms with Gasteiger partial charge in [-0.25, -0.2) is 0 Å². The monoisotopic (exact) mass is 295 g/mol. The number of hydrogen-bond acceptors (Lipinski definition) is 3. The summed E-state index contributed by atoms with van der Waals surface area (Å²) in [7, 11) is 0. The van der Waals surface area contributed by atoms with E-state index >= 15 is 0 Å². The van der Waals surface area contributed by atoms with E-state index in [4.69, 9.17) is 11.6 Å². The first-order valence-corrected chi connectivity index (χ1v) is 7.80. The quantitative estimate of drug-likeness (QED) is 0.869. The molecule has 0 aromatic carbocycles. The van der Waals surface area contributed by atoms with Gasteiger partial charge in [-0.1, -0.05) is 12.8 Å². The maximum Gasteiger partial charge on any atom is 0.253 e. The predicted octanol–water partition coefficient (Wildman–Crippen LogP) is 2.87. The Morgan fingerprint density at radius 2 is 2.00 bits per heavy atom. The minimum atomic E-state index is -0.0561. The molecule has 0 spiro atoms. The molecule has 2 unspecified atom stereocenters. The zero-order chi connectivity index (χ0) is 14.5. The van der Waals surface area contributed by atoms with E-state index in [0.29, 0.717) is 35.5 Å². The van der Waals surface area contributed by atoms with Crippen molar-refractivity contribution in [3.63, 3.8) is 0 Å². The van der Waals surface area contributed by atoms with Crippen LogP contribution >= 0.6 is 11.6 Å². The molecule has 1 aromatic heterocycles. The van der Waals surface area contributed by atoms with Crippen molar-refractivity contribution in [1.29, 1.82) is 0 Å². The van der Waals surface area contributed by atoms with E-state index in [0.717, 1.165) is 12.1 Å². The number of rotatable bonds is 4. The van der Waals surface area contributed by atoms with Gasteiger partial charge in [0.05, 0.1) is 17.0 Å². The Balaban J connectivity index is 1.96. The van der Waals surface area contributed by atoms with Gasteiger partial charge >= 0.3 is 0 Å². The minimum absolute atomic E-state index is 0.0561. The molecule has 0 aliphatic heterocycles. The average Bonchev–Trinajstić information content (AvgIpc) is 2.47. The van der Waals surface area contributed by atoms with E-state index in [-0.39, 0.29) is 5.91 Å². The van der Waals surface area contributed by atoms with Crippen molar-refractivity contribution < 1.29 is 4.79 Å². The van der Waals surface area contributed by atoms with Crippen LogP contribution in [-0.2, 0) is 0 Å². The van der Waals surface area contributed by atoms with Gasteiger partial charge in [0.15, 0.2) is 0 Å². The summed E-state index contributed by atoms with van der Waals surface area (Å²) < 4.78 is 0. The van der Waals surface area contributed by atoms with Gasteiger partial charge in [-0.05, 0) is 44.6 Å². The fourth-order valence-electron chi connectivity index (χ4n) is 2.86. The summed E-state index contributed by atoms with van der Waals surface area (Å²) in [5.41, 5.74) is 2.05. The lowest BCUT2D eigenvalue weighted by Crippen LogP contribution is -2.35. The van der Waals surface area contributed by atoms with Crippen LogP contribution in [0.4, 0.5) is 0 Å². The molecule has 2 rings (SSSR count). The third-order valence-corrected chi connectivity index (χ3v) is 4.53. The zero-order valence-corrected chi connectivity index (χ0v) is 12.9. The third kappa shape index (κ3) is 3.69. The number of carbonyl (C=O) groups excluding carboxylic acids is 1. The van der Waals surface area contributed by atoms with Crippen LogP contribution in [0.1, 0.15) is 47.4 Å². The van der Waals surface area contributed by atoms with Crippen molar-refractivity contribution in [1.82, 2.24) is 15.5 Å². The molecule has 1 aromatic rings. The molecular formula is C15H22ClN3O. The van der Waals surface area contributed by atoms with Gasteiger partial charge in [0.1, 0.15) is 0 Å². The van der Waals surface area contributed by atoms with Crippen molar-refractivity contribution in [2.45, 2.75) is 39.5 Å². The Kier molecular flexibility index (Phi) is 5.35. The van der Waals surface area contributed by atoms with Crippen molar-refractivity contribution in [3.05, 3.63) is 23.0 Å². The standard InChI is InChI=1S/C15H22ClN3O/c1-10-7-14(11(2)19-18-10)15(20)17-9-13-6-4-3-5-12(13)8-16/h7,12-13H,3-6,8-9H2,1-2H3,(H,17,20). The lowest BCUT2D eigenvalue weighted by molar-refractivity contribution is 0.0935. The van der Waals surface area contributed by atoms with E-state index in [1.807, 2.05) is 13.8 Å². The van der Waals surface area contributed by atoms with Gasteiger partial charge in [-0.15, -0.1) is 11.6 Å². The van der Waals surface area contributed by atoms with Crippen molar-refractivity contribution in [2.75, 3.05) is 12.4 Å². The first-order chi connectivity index (χ1) is 9.61. The van der Waals surface area contributed by atoms with Crippen LogP contribution in [0.5, 0.6) is 0 Å². The highest BCUT2D eigenvalue weighted by molar-refractivity contribution is 6.18. The Hall–Kier alpha value is -1.16. The summed E-state index contributed by atoms with van der Waals surface area (Å²) in [5, 5.41) is 11.0. The first-order valence-electron chi connectivity index (χ1n) is 7.27. The molecule has 1 amide bonds. The van der Waals surface area contributed by atoms with Gasteiger partial charge < -0.3 is 5.32 Å². The lowest BCUT2D eigenvalue weighted by Gasteiger charge is -2.30. The van der Waals surface area contributed by atoms with E-state index in [1.54, 1.807) is 6.07 Å². The summed E-state index contributed by atoms with van der Waals surface area (Å²) in [6.45, 7) is 4.36. The van der Waals surface area contributed by atoms with E-state index in [2.05, 4.69) is 15.5 Å². The molecule has 2 atom stereocenters. The summed E-state index contributed by atoms with van der Waals surface area (Å²) in [6, 6.07) is 1.79. The number of carbonyl (C=O) groups is 1. The highest BCUT2D eigenvalue weighted by Crippen LogP contribution is 2.30. The molecule has 0 radical (unpaired) electrons. The molecule has 1 heterocycles. The molecule has 1 aliphatic carbocycles. The van der Waals surface area contributed by atoms with Gasteiger partial charge in [0.2, 0.25) is 0 Å². The van der Waals surface area contributed by atoms with Crippen molar-refractivity contribution >= 4 is 17.5 Å². The molecular weight excluding hydrogens is 274 g/mol. The number of nitrogens with one attached hydrogen (secondary N) is 1. The number of aryl methyl sites for hydroxylation is 2. The molecule has 4 nitrogen and oxygen atoms in total. The van der Waals surface area contributed by atoms with Crippen LogP contribution in [0.3, 0.4) is 0 Å². The first kappa shape index (κ1) is 15.2. The lowest BCUT2D eigenvalue weighted by atomic mass is 9.80. The van der Waals surface area contributed by atoms with Crippen molar-refractivity contribution in [2.24, 2.45) is 11.8 Å². The smallest absolute Gasteiger partial charge is 0.253 e. The zero-order valence-electron chi connectivity index (χ0n) is 12.2. The van der Waals surface area contributed by atoms with Crippen LogP contribution in [-0.4, -0.2) is 28.5 Å². The predicted molar refractivity (Wildman–Crippen MR) is 80.0 cm³/mol. The van der Waals surface area contributed by atoms with Crippen LogP contribution in [0.2, 0.25) is 0 Å². The SMILES string of the molecule is Cc1cc(C(=O)NCC2CCCCC2CCl)c(C)nn1. The molecule has 1 aliphatic rings. The van der Waals surface area contributed by atoms with E-state index in [9.17, 15) is 4.79 Å². The second kappa shape index (κ2) is 7.02. The number of alkyl halides is 1. The highest BCUT2D eigenvalue weighted by atomic mass is 35.5. The molecule has 0 bridgehead atoms. The number of aromatic nitrogens is 2. The van der Waals surface area contributed by atoms with Crippen LogP contribution in [0, 0.1) is 25.7 Å². The second-order valence-electron chi connectivity index (χ2n) is 5.65. The fraction of sp³-hybridized carbons (Fsp3) is 0.667. The van der Waals surface area contributed by atoms with Gasteiger partial charge in [-0.2, -0.15) is 10.2 Å².